The first kappa shape index (κ1) is 17.5. The van der Waals surface area contributed by atoms with Crippen molar-refractivity contribution in [3.63, 3.8) is 0 Å². The van der Waals surface area contributed by atoms with Crippen LogP contribution in [0.5, 0.6) is 0 Å². The van der Waals surface area contributed by atoms with E-state index < -0.39 is 0 Å². The lowest BCUT2D eigenvalue weighted by Crippen LogP contribution is -2.43. The summed E-state index contributed by atoms with van der Waals surface area (Å²) < 4.78 is 5.74. The third kappa shape index (κ3) is 4.41. The minimum absolute atomic E-state index is 0.0490. The zero-order chi connectivity index (χ0) is 17.8. The Kier molecular flexibility index (Phi) is 5.42. The van der Waals surface area contributed by atoms with Gasteiger partial charge >= 0.3 is 0 Å². The molecule has 0 spiro atoms. The number of piperidine rings is 1. The van der Waals surface area contributed by atoms with Gasteiger partial charge in [0.1, 0.15) is 0 Å². The third-order valence-electron chi connectivity index (χ3n) is 4.09. The molecule has 1 fully saturated rings. The van der Waals surface area contributed by atoms with Crippen molar-refractivity contribution >= 4 is 27.7 Å². The van der Waals surface area contributed by atoms with Gasteiger partial charge in [-0.2, -0.15) is 4.98 Å². The van der Waals surface area contributed by atoms with Gasteiger partial charge in [-0.15, -0.1) is 0 Å². The number of hydrogen-bond acceptors (Lipinski definition) is 6. The number of carbonyl (C=O) groups is 2. The van der Waals surface area contributed by atoms with Gasteiger partial charge in [-0.05, 0) is 41.8 Å². The molecule has 3 heterocycles. The Morgan fingerprint density at radius 1 is 1.36 bits per heavy atom. The van der Waals surface area contributed by atoms with Crippen LogP contribution in [-0.2, 0) is 11.3 Å². The Bertz CT molecular complexity index is 771. The molecule has 0 atom stereocenters. The van der Waals surface area contributed by atoms with Crippen molar-refractivity contribution in [2.75, 3.05) is 13.1 Å². The van der Waals surface area contributed by atoms with Gasteiger partial charge in [-0.25, -0.2) is 0 Å². The van der Waals surface area contributed by atoms with Crippen LogP contribution in [0.15, 0.2) is 27.5 Å². The van der Waals surface area contributed by atoms with Crippen LogP contribution in [0.2, 0.25) is 0 Å². The molecule has 0 aliphatic carbocycles. The van der Waals surface area contributed by atoms with Crippen molar-refractivity contribution in [2.45, 2.75) is 26.3 Å². The Labute approximate surface area is 153 Å². The first-order valence-corrected chi connectivity index (χ1v) is 8.79. The highest BCUT2D eigenvalue weighted by Gasteiger charge is 2.28. The molecule has 132 valence electrons. The van der Waals surface area contributed by atoms with E-state index in [1.807, 2.05) is 0 Å². The van der Waals surface area contributed by atoms with Gasteiger partial charge in [0, 0.05) is 35.9 Å². The molecule has 1 N–H and O–H groups in total. The van der Waals surface area contributed by atoms with Gasteiger partial charge in [-0.3, -0.25) is 14.6 Å². The van der Waals surface area contributed by atoms with Gasteiger partial charge in [-0.1, -0.05) is 5.16 Å². The summed E-state index contributed by atoms with van der Waals surface area (Å²) in [6, 6.07) is 1.75. The van der Waals surface area contributed by atoms with E-state index in [1.54, 1.807) is 30.3 Å². The van der Waals surface area contributed by atoms with E-state index in [0.29, 0.717) is 43.2 Å². The van der Waals surface area contributed by atoms with E-state index in [2.05, 4.69) is 36.4 Å². The highest BCUT2D eigenvalue weighted by Crippen LogP contribution is 2.20. The van der Waals surface area contributed by atoms with Crippen LogP contribution in [0, 0.1) is 12.8 Å². The van der Waals surface area contributed by atoms with Gasteiger partial charge in [0.25, 0.3) is 5.91 Å². The van der Waals surface area contributed by atoms with E-state index in [4.69, 9.17) is 4.52 Å². The van der Waals surface area contributed by atoms with Crippen molar-refractivity contribution in [3.05, 3.63) is 40.2 Å². The molecule has 1 aliphatic heterocycles. The molecule has 1 aliphatic rings. The second-order valence-electron chi connectivity index (χ2n) is 5.91. The topological polar surface area (TPSA) is 101 Å². The lowest BCUT2D eigenvalue weighted by molar-refractivity contribution is -0.126. The van der Waals surface area contributed by atoms with E-state index >= 15 is 0 Å². The molecule has 0 radical (unpaired) electrons. The van der Waals surface area contributed by atoms with Crippen LogP contribution in [0.3, 0.4) is 0 Å². The number of halogens is 1. The zero-order valence-corrected chi connectivity index (χ0v) is 15.3. The van der Waals surface area contributed by atoms with Crippen LogP contribution < -0.4 is 5.32 Å². The Balaban J connectivity index is 1.49. The summed E-state index contributed by atoms with van der Waals surface area (Å²) in [5, 5.41) is 6.49. The van der Waals surface area contributed by atoms with Crippen LogP contribution in [0.4, 0.5) is 0 Å². The van der Waals surface area contributed by atoms with Gasteiger partial charge in [0.2, 0.25) is 11.8 Å². The number of carbonyl (C=O) groups excluding carboxylic acids is 2. The monoisotopic (exact) mass is 407 g/mol. The molecular formula is C16H18BrN5O3. The van der Waals surface area contributed by atoms with Gasteiger partial charge < -0.3 is 14.7 Å². The molecule has 2 aromatic heterocycles. The number of aromatic nitrogens is 3. The summed E-state index contributed by atoms with van der Waals surface area (Å²) in [5.74, 6) is 0.702. The van der Waals surface area contributed by atoms with Crippen molar-refractivity contribution in [1.82, 2.24) is 25.3 Å². The van der Waals surface area contributed by atoms with E-state index in [-0.39, 0.29) is 24.3 Å². The maximum Gasteiger partial charge on any atom is 0.255 e. The highest BCUT2D eigenvalue weighted by molar-refractivity contribution is 9.10. The summed E-state index contributed by atoms with van der Waals surface area (Å²) in [6.45, 7) is 3.04. The number of nitrogens with one attached hydrogen (secondary N) is 1. The number of amides is 2. The van der Waals surface area contributed by atoms with E-state index in [0.717, 1.165) is 4.47 Å². The molecule has 1 saturated heterocycles. The number of pyridine rings is 1. The lowest BCUT2D eigenvalue weighted by Gasteiger charge is -2.31. The second-order valence-corrected chi connectivity index (χ2v) is 6.83. The number of aryl methyl sites for hydroxylation is 1. The fourth-order valence-corrected chi connectivity index (χ4v) is 3.14. The number of nitrogens with zero attached hydrogens (tertiary/aromatic N) is 4. The van der Waals surface area contributed by atoms with Crippen molar-refractivity contribution in [3.8, 4) is 0 Å². The molecule has 2 amide bonds. The fourth-order valence-electron chi connectivity index (χ4n) is 2.78. The molecule has 25 heavy (non-hydrogen) atoms. The predicted octanol–water partition coefficient (Wildman–Crippen LogP) is 1.70. The van der Waals surface area contributed by atoms with Crippen LogP contribution in [0.25, 0.3) is 0 Å². The number of likely N-dealkylation sites (tertiary alicyclic amines) is 1. The molecule has 0 bridgehead atoms. The van der Waals surface area contributed by atoms with Crippen LogP contribution in [-0.4, -0.2) is 44.9 Å². The van der Waals surface area contributed by atoms with Gasteiger partial charge in [0.05, 0.1) is 12.1 Å². The highest BCUT2D eigenvalue weighted by atomic mass is 79.9. The smallest absolute Gasteiger partial charge is 0.255 e. The normalized spacial score (nSPS) is 15.2. The van der Waals surface area contributed by atoms with Crippen molar-refractivity contribution in [1.29, 1.82) is 0 Å². The average Bonchev–Trinajstić information content (AvgIpc) is 3.04. The summed E-state index contributed by atoms with van der Waals surface area (Å²) in [4.78, 5) is 34.6. The van der Waals surface area contributed by atoms with E-state index in [9.17, 15) is 9.59 Å². The maximum absolute atomic E-state index is 12.5. The van der Waals surface area contributed by atoms with Crippen LogP contribution in [0.1, 0.15) is 34.9 Å². The predicted molar refractivity (Wildman–Crippen MR) is 91.4 cm³/mol. The summed E-state index contributed by atoms with van der Waals surface area (Å²) in [7, 11) is 0. The largest absolute Gasteiger partial charge is 0.347 e. The van der Waals surface area contributed by atoms with Gasteiger partial charge in [0.15, 0.2) is 5.82 Å². The first-order valence-electron chi connectivity index (χ1n) is 7.99. The summed E-state index contributed by atoms with van der Waals surface area (Å²) >= 11 is 3.32. The minimum atomic E-state index is -0.117. The molecule has 9 heteroatoms. The standard InChI is InChI=1S/C16H18BrN5O3/c1-10-20-14(25-21-10)9-19-15(23)11-2-4-22(5-3-11)16(24)12-6-13(17)8-18-7-12/h6-8,11H,2-5,9H2,1H3,(H,19,23). The number of hydrogen-bond donors (Lipinski definition) is 1. The second kappa shape index (κ2) is 7.73. The van der Waals surface area contributed by atoms with Crippen LogP contribution >= 0.6 is 15.9 Å². The van der Waals surface area contributed by atoms with Crippen molar-refractivity contribution in [2.24, 2.45) is 5.92 Å². The molecule has 0 aromatic carbocycles. The molecule has 8 nitrogen and oxygen atoms in total. The summed E-state index contributed by atoms with van der Waals surface area (Å²) in [5.41, 5.74) is 0.545. The molecular weight excluding hydrogens is 390 g/mol. The Morgan fingerprint density at radius 2 is 2.12 bits per heavy atom. The summed E-state index contributed by atoms with van der Waals surface area (Å²) in [6.07, 6.45) is 4.44. The Hall–Kier alpha value is -2.29. The molecule has 0 unspecified atom stereocenters. The SMILES string of the molecule is Cc1noc(CNC(=O)C2CCN(C(=O)c3cncc(Br)c3)CC2)n1. The maximum atomic E-state index is 12.5. The zero-order valence-electron chi connectivity index (χ0n) is 13.7. The average molecular weight is 408 g/mol. The Morgan fingerprint density at radius 3 is 2.76 bits per heavy atom. The quantitative estimate of drug-likeness (QED) is 0.827. The van der Waals surface area contributed by atoms with E-state index in [1.165, 1.54) is 0 Å². The minimum Gasteiger partial charge on any atom is -0.347 e. The number of rotatable bonds is 4. The fraction of sp³-hybridized carbons (Fsp3) is 0.438. The van der Waals surface area contributed by atoms with Crippen molar-refractivity contribution < 1.29 is 14.1 Å². The molecule has 2 aromatic rings. The molecule has 3 rings (SSSR count). The lowest BCUT2D eigenvalue weighted by atomic mass is 9.95. The molecule has 0 saturated carbocycles. The third-order valence-corrected chi connectivity index (χ3v) is 4.52. The first-order chi connectivity index (χ1) is 12.0.